The number of aromatic nitrogens is 3. The van der Waals surface area contributed by atoms with Gasteiger partial charge in [-0.2, -0.15) is 0 Å². The van der Waals surface area contributed by atoms with Crippen molar-refractivity contribution in [3.63, 3.8) is 0 Å². The van der Waals surface area contributed by atoms with Crippen LogP contribution in [0.25, 0.3) is 0 Å². The molecule has 0 spiro atoms. The molecule has 16 heteroatoms. The topological polar surface area (TPSA) is 139 Å². The van der Waals surface area contributed by atoms with Gasteiger partial charge in [0.25, 0.3) is 0 Å². The van der Waals surface area contributed by atoms with Gasteiger partial charge in [-0.15, -0.1) is 0 Å². The minimum absolute atomic E-state index is 0.0203. The van der Waals surface area contributed by atoms with Crippen LogP contribution in [0.5, 0.6) is 0 Å². The first kappa shape index (κ1) is 44.9. The van der Waals surface area contributed by atoms with Crippen LogP contribution in [0.15, 0.2) is 68.8 Å². The number of carboxylic acids is 1. The maximum Gasteiger partial charge on any atom is 0.307 e. The van der Waals surface area contributed by atoms with Gasteiger partial charge in [-0.3, -0.25) is 29.4 Å². The number of nitrogens with one attached hydrogen (secondary N) is 1. The van der Waals surface area contributed by atoms with E-state index in [9.17, 15) is 9.59 Å². The number of morpholine rings is 2. The van der Waals surface area contributed by atoms with E-state index in [1.54, 1.807) is 30.9 Å². The van der Waals surface area contributed by atoms with Gasteiger partial charge in [0.1, 0.15) is 7.85 Å². The van der Waals surface area contributed by atoms with Gasteiger partial charge in [0.05, 0.1) is 39.3 Å². The smallest absolute Gasteiger partial charge is 0.307 e. The summed E-state index contributed by atoms with van der Waals surface area (Å²) in [5.41, 5.74) is 2.92. The lowest BCUT2D eigenvalue weighted by Crippen LogP contribution is -2.41. The highest BCUT2D eigenvalue weighted by molar-refractivity contribution is 9.11. The van der Waals surface area contributed by atoms with Crippen molar-refractivity contribution >= 4 is 67.5 Å². The highest BCUT2D eigenvalue weighted by atomic mass is 79.9. The van der Waals surface area contributed by atoms with Crippen LogP contribution in [-0.4, -0.2) is 135 Å². The number of amides is 1. The van der Waals surface area contributed by atoms with Crippen molar-refractivity contribution in [3.8, 4) is 0 Å². The summed E-state index contributed by atoms with van der Waals surface area (Å²) >= 11 is 9.97. The van der Waals surface area contributed by atoms with Crippen molar-refractivity contribution in [1.29, 1.82) is 0 Å². The Morgan fingerprint density at radius 3 is 1.69 bits per heavy atom. The van der Waals surface area contributed by atoms with E-state index in [4.69, 9.17) is 27.2 Å². The van der Waals surface area contributed by atoms with E-state index in [0.717, 1.165) is 77.7 Å². The van der Waals surface area contributed by atoms with Gasteiger partial charge in [0.2, 0.25) is 5.91 Å². The summed E-state index contributed by atoms with van der Waals surface area (Å²) in [4.78, 5) is 38.4. The molecule has 3 saturated heterocycles. The first-order chi connectivity index (χ1) is 24.6. The molecule has 3 aliphatic heterocycles. The van der Waals surface area contributed by atoms with Gasteiger partial charge < -0.3 is 29.5 Å². The summed E-state index contributed by atoms with van der Waals surface area (Å²) in [5, 5.41) is 11.2. The van der Waals surface area contributed by atoms with Crippen molar-refractivity contribution in [2.45, 2.75) is 38.1 Å². The van der Waals surface area contributed by atoms with E-state index in [0.29, 0.717) is 38.3 Å². The molecule has 3 aliphatic rings. The highest BCUT2D eigenvalue weighted by Gasteiger charge is 2.17. The number of hydrogen-bond donors (Lipinski definition) is 2. The number of carboxylic acid groups (broad SMARTS) is 1. The zero-order valence-electron chi connectivity index (χ0n) is 29.3. The van der Waals surface area contributed by atoms with Gasteiger partial charge in [-0.25, -0.2) is 0 Å². The SMILES string of the molecule is Brc1cncc(CCN2CCOCC2)c1.CNC.O=C(Cc1cncc(Br)c1)N1CCOCC1.O=C(O)Cc1cncc(Br)c1.[B]C1CCCO1. The molecule has 6 heterocycles. The molecule has 0 aliphatic carbocycles. The number of halogens is 3. The molecule has 1 atom stereocenters. The summed E-state index contributed by atoms with van der Waals surface area (Å²) in [6.07, 6.45) is 14.0. The van der Waals surface area contributed by atoms with Crippen LogP contribution >= 0.6 is 47.8 Å². The highest BCUT2D eigenvalue weighted by Crippen LogP contribution is 2.13. The lowest BCUT2D eigenvalue weighted by atomic mass is 9.98. The maximum atomic E-state index is 11.9. The second-order valence-corrected chi connectivity index (χ2v) is 14.3. The molecule has 3 aromatic heterocycles. The van der Waals surface area contributed by atoms with Crippen LogP contribution in [0.1, 0.15) is 29.5 Å². The van der Waals surface area contributed by atoms with E-state index in [-0.39, 0.29) is 18.3 Å². The van der Waals surface area contributed by atoms with Crippen LogP contribution in [0, 0.1) is 0 Å². The van der Waals surface area contributed by atoms with E-state index >= 15 is 0 Å². The van der Waals surface area contributed by atoms with Crippen molar-refractivity contribution in [2.75, 3.05) is 79.9 Å². The molecule has 278 valence electrons. The third kappa shape index (κ3) is 21.7. The lowest BCUT2D eigenvalue weighted by Gasteiger charge is -2.26. The average molecular weight is 899 g/mol. The van der Waals surface area contributed by atoms with Gasteiger partial charge in [-0.1, -0.05) is 0 Å². The summed E-state index contributed by atoms with van der Waals surface area (Å²) in [6.45, 7) is 8.49. The molecule has 0 saturated carbocycles. The number of hydrogen-bond acceptors (Lipinski definition) is 10. The Bertz CT molecular complexity index is 1410. The Hall–Kier alpha value is -2.31. The molecule has 2 N–H and O–H groups in total. The maximum absolute atomic E-state index is 11.9. The molecular weight excluding hydrogens is 851 g/mol. The second kappa shape index (κ2) is 27.3. The minimum Gasteiger partial charge on any atom is -0.481 e. The van der Waals surface area contributed by atoms with Gasteiger partial charge in [0.15, 0.2) is 0 Å². The first-order valence-electron chi connectivity index (χ1n) is 16.7. The van der Waals surface area contributed by atoms with Crippen LogP contribution < -0.4 is 5.32 Å². The third-order valence-corrected chi connectivity index (χ3v) is 8.45. The molecule has 1 unspecified atom stereocenters. The van der Waals surface area contributed by atoms with Crippen LogP contribution in [0.2, 0.25) is 0 Å². The minimum atomic E-state index is -0.843. The number of ether oxygens (including phenoxy) is 3. The number of pyridine rings is 3. The molecule has 2 radical (unpaired) electrons. The Labute approximate surface area is 328 Å². The lowest BCUT2D eigenvalue weighted by molar-refractivity contribution is -0.136. The molecular formula is C35H48BBr3N6O6. The largest absolute Gasteiger partial charge is 0.481 e. The molecule has 1 amide bonds. The Kier molecular flexibility index (Phi) is 24.0. The van der Waals surface area contributed by atoms with Crippen LogP contribution in [0.3, 0.4) is 0 Å². The number of carbonyl (C=O) groups is 2. The number of nitrogens with zero attached hydrogens (tertiary/aromatic N) is 5. The standard InChI is InChI=1S/C11H13BrN2O2.C11H15BrN2O.C7H6BrNO2.C4H7BO.C2H7N/c12-10-5-9(7-13-8-10)6-11(15)14-1-3-16-4-2-14;12-11-7-10(8-13-9-11)1-2-14-3-5-15-6-4-14;8-6-1-5(2-7(10)11)3-9-4-6;5-4-2-1-3-6-4;1-3-2/h5,7-8H,1-4,6H2;7-9H,1-6H2;1,3-4H,2H2,(H,10,11);4H,1-3H2;3H,1-2H3. The van der Waals surface area contributed by atoms with E-state index in [2.05, 4.69) is 79.0 Å². The fourth-order valence-corrected chi connectivity index (χ4v) is 5.92. The van der Waals surface area contributed by atoms with Gasteiger partial charge >= 0.3 is 5.97 Å². The fraction of sp³-hybridized carbons (Fsp3) is 0.514. The van der Waals surface area contributed by atoms with Crippen LogP contribution in [-0.2, 0) is 43.1 Å². The normalized spacial score (nSPS) is 16.8. The number of aliphatic carboxylic acids is 1. The molecule has 0 aromatic carbocycles. The zero-order chi connectivity index (χ0) is 37.3. The Balaban J connectivity index is 0.000000239. The van der Waals surface area contributed by atoms with E-state index in [1.165, 1.54) is 5.56 Å². The molecule has 51 heavy (non-hydrogen) atoms. The van der Waals surface area contributed by atoms with Crippen molar-refractivity contribution in [2.24, 2.45) is 0 Å². The Morgan fingerprint density at radius 2 is 1.25 bits per heavy atom. The van der Waals surface area contributed by atoms with Crippen molar-refractivity contribution in [1.82, 2.24) is 30.1 Å². The average Bonchev–Trinajstić information content (AvgIpc) is 3.60. The predicted octanol–water partition coefficient (Wildman–Crippen LogP) is 4.56. The monoisotopic (exact) mass is 896 g/mol. The third-order valence-electron chi connectivity index (χ3n) is 7.14. The van der Waals surface area contributed by atoms with Gasteiger partial charge in [-0.05, 0) is 116 Å². The summed E-state index contributed by atoms with van der Waals surface area (Å²) in [7, 11) is 9.06. The summed E-state index contributed by atoms with van der Waals surface area (Å²) in [6, 6.07) is 5.84. The molecule has 6 rings (SSSR count). The van der Waals surface area contributed by atoms with Gasteiger partial charge in [0, 0.05) is 95.9 Å². The van der Waals surface area contributed by atoms with Crippen molar-refractivity contribution < 1.29 is 28.9 Å². The number of rotatable bonds is 7. The van der Waals surface area contributed by atoms with Crippen LogP contribution in [0.4, 0.5) is 0 Å². The fourth-order valence-electron chi connectivity index (χ4n) is 4.69. The zero-order valence-corrected chi connectivity index (χ0v) is 34.1. The quantitative estimate of drug-likeness (QED) is 0.323. The summed E-state index contributed by atoms with van der Waals surface area (Å²) < 4.78 is 18.2. The Morgan fingerprint density at radius 1 is 0.784 bits per heavy atom. The molecule has 3 aromatic rings. The molecule has 0 bridgehead atoms. The summed E-state index contributed by atoms with van der Waals surface area (Å²) in [5.74, 6) is -0.701. The number of carbonyl (C=O) groups excluding carboxylic acids is 1. The molecule has 3 fully saturated rings. The van der Waals surface area contributed by atoms with E-state index in [1.807, 2.05) is 37.5 Å². The first-order valence-corrected chi connectivity index (χ1v) is 19.1. The van der Waals surface area contributed by atoms with Crippen molar-refractivity contribution in [3.05, 3.63) is 85.5 Å². The van der Waals surface area contributed by atoms with E-state index < -0.39 is 5.97 Å². The molecule has 12 nitrogen and oxygen atoms in total. The predicted molar refractivity (Wildman–Crippen MR) is 209 cm³/mol. The second-order valence-electron chi connectivity index (χ2n) is 11.5.